The Balaban J connectivity index is 3.06. The summed E-state index contributed by atoms with van der Waals surface area (Å²) in [5.41, 5.74) is 0.439. The summed E-state index contributed by atoms with van der Waals surface area (Å²) in [6.07, 6.45) is 3.38. The van der Waals surface area contributed by atoms with E-state index in [9.17, 15) is 10.1 Å². The molecule has 0 aromatic carbocycles. The first-order valence-corrected chi connectivity index (χ1v) is 4.84. The molecule has 0 aliphatic heterocycles. The molecule has 6 heteroatoms. The van der Waals surface area contributed by atoms with Crippen LogP contribution in [0, 0.1) is 10.1 Å². The normalized spacial score (nSPS) is 10.6. The summed E-state index contributed by atoms with van der Waals surface area (Å²) in [7, 11) is 0. The van der Waals surface area contributed by atoms with Crippen molar-refractivity contribution >= 4 is 27.8 Å². The zero-order valence-electron chi connectivity index (χ0n) is 7.05. The molecule has 1 rings (SSSR count). The number of nitro groups is 1. The summed E-state index contributed by atoms with van der Waals surface area (Å²) < 4.78 is 0. The van der Waals surface area contributed by atoms with E-state index in [1.54, 1.807) is 12.2 Å². The van der Waals surface area contributed by atoms with Crippen LogP contribution in [0.2, 0.25) is 0 Å². The van der Waals surface area contributed by atoms with Crippen LogP contribution in [-0.2, 0) is 0 Å². The molecular formula is C8H7BrN2O3. The maximum atomic E-state index is 10.4. The van der Waals surface area contributed by atoms with E-state index >= 15 is 0 Å². The molecule has 74 valence electrons. The zero-order valence-corrected chi connectivity index (χ0v) is 8.64. The number of nitrogens with zero attached hydrogens (tertiary/aromatic N) is 2. The van der Waals surface area contributed by atoms with Gasteiger partial charge in [0.15, 0.2) is 5.69 Å². The number of aromatic nitrogens is 1. The fourth-order valence-electron chi connectivity index (χ4n) is 0.848. The number of halogens is 1. The fourth-order valence-corrected chi connectivity index (χ4v) is 1.04. The summed E-state index contributed by atoms with van der Waals surface area (Å²) in [6, 6.07) is 2.75. The van der Waals surface area contributed by atoms with Gasteiger partial charge in [-0.15, -0.1) is 0 Å². The van der Waals surface area contributed by atoms with Gasteiger partial charge in [-0.1, -0.05) is 22.0 Å². The molecule has 1 N–H and O–H groups in total. The van der Waals surface area contributed by atoms with Crippen molar-refractivity contribution in [3.8, 4) is 5.75 Å². The van der Waals surface area contributed by atoms with Gasteiger partial charge in [-0.3, -0.25) is 0 Å². The highest BCUT2D eigenvalue weighted by Gasteiger charge is 2.15. The first-order valence-electron chi connectivity index (χ1n) is 3.72. The minimum absolute atomic E-state index is 0.425. The van der Waals surface area contributed by atoms with E-state index in [1.165, 1.54) is 12.1 Å². The van der Waals surface area contributed by atoms with Crippen molar-refractivity contribution in [2.45, 2.75) is 0 Å². The second-order valence-corrected chi connectivity index (χ2v) is 3.04. The number of hydrogen-bond acceptors (Lipinski definition) is 4. The molecule has 0 spiro atoms. The molecule has 0 fully saturated rings. The molecule has 14 heavy (non-hydrogen) atoms. The standard InChI is InChI=1S/C8H7BrN2O3/c9-5-1-2-6-3-4-7(12)8(10-6)11(13)14/h1-4,12H,5H2. The Kier molecular flexibility index (Phi) is 3.58. The van der Waals surface area contributed by atoms with E-state index in [0.29, 0.717) is 11.0 Å². The van der Waals surface area contributed by atoms with Gasteiger partial charge in [0.25, 0.3) is 0 Å². The van der Waals surface area contributed by atoms with E-state index in [0.717, 1.165) is 0 Å². The van der Waals surface area contributed by atoms with Crippen molar-refractivity contribution in [2.24, 2.45) is 0 Å². The quantitative estimate of drug-likeness (QED) is 0.512. The van der Waals surface area contributed by atoms with Gasteiger partial charge >= 0.3 is 5.82 Å². The van der Waals surface area contributed by atoms with Crippen LogP contribution in [0.15, 0.2) is 18.2 Å². The summed E-state index contributed by atoms with van der Waals surface area (Å²) >= 11 is 3.17. The number of hydrogen-bond donors (Lipinski definition) is 1. The van der Waals surface area contributed by atoms with Gasteiger partial charge < -0.3 is 15.2 Å². The minimum atomic E-state index is -0.721. The van der Waals surface area contributed by atoms with E-state index in [-0.39, 0.29) is 0 Å². The smallest absolute Gasteiger partial charge is 0.406 e. The first kappa shape index (κ1) is 10.6. The maximum Gasteiger partial charge on any atom is 0.406 e. The molecule has 1 heterocycles. The minimum Gasteiger partial charge on any atom is -0.501 e. The SMILES string of the molecule is O=[N+]([O-])c1nc(C=CCBr)ccc1O. The van der Waals surface area contributed by atoms with Gasteiger partial charge in [0, 0.05) is 5.33 Å². The molecule has 5 nitrogen and oxygen atoms in total. The average Bonchev–Trinajstić information content (AvgIpc) is 2.16. The summed E-state index contributed by atoms with van der Waals surface area (Å²) in [6.45, 7) is 0. The van der Waals surface area contributed by atoms with Gasteiger partial charge in [-0.05, 0) is 28.1 Å². The van der Waals surface area contributed by atoms with E-state index < -0.39 is 16.5 Å². The van der Waals surface area contributed by atoms with Crippen molar-refractivity contribution in [1.82, 2.24) is 4.98 Å². The fraction of sp³-hybridized carbons (Fsp3) is 0.125. The van der Waals surface area contributed by atoms with Crippen LogP contribution in [-0.4, -0.2) is 20.3 Å². The van der Waals surface area contributed by atoms with E-state index in [4.69, 9.17) is 5.11 Å². The predicted molar refractivity (Wildman–Crippen MR) is 55.4 cm³/mol. The Hall–Kier alpha value is -1.43. The van der Waals surface area contributed by atoms with Gasteiger partial charge in [0.05, 0.1) is 0 Å². The van der Waals surface area contributed by atoms with Crippen LogP contribution < -0.4 is 0 Å². The molecule has 0 radical (unpaired) electrons. The monoisotopic (exact) mass is 258 g/mol. The summed E-state index contributed by atoms with van der Waals surface area (Å²) in [5.74, 6) is -0.951. The van der Waals surface area contributed by atoms with Crippen molar-refractivity contribution in [3.05, 3.63) is 34.0 Å². The first-order chi connectivity index (χ1) is 6.65. The Morgan fingerprint density at radius 2 is 2.36 bits per heavy atom. The molecule has 0 unspecified atom stereocenters. The van der Waals surface area contributed by atoms with Crippen LogP contribution >= 0.6 is 15.9 Å². The Morgan fingerprint density at radius 3 is 2.93 bits per heavy atom. The molecule has 0 saturated heterocycles. The third-order valence-corrected chi connectivity index (χ3v) is 1.80. The van der Waals surface area contributed by atoms with Crippen molar-refractivity contribution in [2.75, 3.05) is 5.33 Å². The third kappa shape index (κ3) is 2.53. The number of aromatic hydroxyl groups is 1. The van der Waals surface area contributed by atoms with Crippen molar-refractivity contribution < 1.29 is 10.0 Å². The number of alkyl halides is 1. The second kappa shape index (κ2) is 4.71. The summed E-state index contributed by atoms with van der Waals surface area (Å²) in [4.78, 5) is 13.3. The summed E-state index contributed by atoms with van der Waals surface area (Å²) in [5, 5.41) is 20.1. The zero-order chi connectivity index (χ0) is 10.6. The lowest BCUT2D eigenvalue weighted by Crippen LogP contribution is -1.93. The second-order valence-electron chi connectivity index (χ2n) is 2.39. The molecule has 0 saturated carbocycles. The van der Waals surface area contributed by atoms with Crippen LogP contribution in [0.1, 0.15) is 5.69 Å². The number of allylic oxidation sites excluding steroid dienone is 1. The van der Waals surface area contributed by atoms with Crippen LogP contribution in [0.5, 0.6) is 5.75 Å². The van der Waals surface area contributed by atoms with Gasteiger partial charge in [-0.25, -0.2) is 0 Å². The highest BCUT2D eigenvalue weighted by Crippen LogP contribution is 2.22. The number of pyridine rings is 1. The van der Waals surface area contributed by atoms with E-state index in [2.05, 4.69) is 20.9 Å². The Morgan fingerprint density at radius 1 is 1.64 bits per heavy atom. The molecule has 1 aromatic rings. The lowest BCUT2D eigenvalue weighted by molar-refractivity contribution is -0.390. The Bertz CT molecular complexity index is 379. The Labute approximate surface area is 88.4 Å². The number of rotatable bonds is 3. The molecule has 0 aliphatic rings. The molecule has 0 bridgehead atoms. The predicted octanol–water partition coefficient (Wildman–Crippen LogP) is 2.10. The van der Waals surface area contributed by atoms with Gasteiger partial charge in [0.1, 0.15) is 0 Å². The average molecular weight is 259 g/mol. The highest BCUT2D eigenvalue weighted by atomic mass is 79.9. The van der Waals surface area contributed by atoms with Gasteiger partial charge in [-0.2, -0.15) is 0 Å². The maximum absolute atomic E-state index is 10.4. The van der Waals surface area contributed by atoms with E-state index in [1.807, 2.05) is 0 Å². The molecule has 0 amide bonds. The lowest BCUT2D eigenvalue weighted by atomic mass is 10.3. The molecule has 0 atom stereocenters. The van der Waals surface area contributed by atoms with Gasteiger partial charge in [0.2, 0.25) is 5.75 Å². The van der Waals surface area contributed by atoms with Crippen LogP contribution in [0.25, 0.3) is 6.08 Å². The lowest BCUT2D eigenvalue weighted by Gasteiger charge is -1.95. The largest absolute Gasteiger partial charge is 0.501 e. The third-order valence-electron chi connectivity index (χ3n) is 1.43. The van der Waals surface area contributed by atoms with Crippen LogP contribution in [0.3, 0.4) is 0 Å². The topological polar surface area (TPSA) is 76.3 Å². The van der Waals surface area contributed by atoms with Crippen LogP contribution in [0.4, 0.5) is 5.82 Å². The molecule has 1 aromatic heterocycles. The molecular weight excluding hydrogens is 252 g/mol. The van der Waals surface area contributed by atoms with Crippen molar-refractivity contribution in [3.63, 3.8) is 0 Å². The highest BCUT2D eigenvalue weighted by molar-refractivity contribution is 9.09. The molecule has 0 aliphatic carbocycles. The van der Waals surface area contributed by atoms with Crippen molar-refractivity contribution in [1.29, 1.82) is 0 Å².